The first-order chi connectivity index (χ1) is 8.51. The molecule has 2 unspecified atom stereocenters. The molecule has 0 spiro atoms. The minimum atomic E-state index is -1.36. The van der Waals surface area contributed by atoms with Gasteiger partial charge in [0.15, 0.2) is 6.29 Å². The number of hydrogen-bond donors (Lipinski definition) is 4. The molecule has 1 amide bonds. The second-order valence-electron chi connectivity index (χ2n) is 4.05. The van der Waals surface area contributed by atoms with Gasteiger partial charge < -0.3 is 30.1 Å². The van der Waals surface area contributed by atoms with Crippen molar-refractivity contribution in [3.63, 3.8) is 0 Å². The number of carbonyl (C=O) groups is 1. The summed E-state index contributed by atoms with van der Waals surface area (Å²) >= 11 is 0. The van der Waals surface area contributed by atoms with Gasteiger partial charge in [-0.15, -0.1) is 6.58 Å². The predicted molar refractivity (Wildman–Crippen MR) is 61.5 cm³/mol. The minimum absolute atomic E-state index is 0.142. The van der Waals surface area contributed by atoms with Crippen molar-refractivity contribution >= 4 is 5.91 Å². The van der Waals surface area contributed by atoms with Crippen molar-refractivity contribution in [3.8, 4) is 0 Å². The fourth-order valence-electron chi connectivity index (χ4n) is 1.85. The van der Waals surface area contributed by atoms with Crippen molar-refractivity contribution < 1.29 is 29.6 Å². The molecule has 0 aromatic carbocycles. The zero-order valence-corrected chi connectivity index (χ0v) is 10.2. The highest BCUT2D eigenvalue weighted by Gasteiger charge is 2.45. The minimum Gasteiger partial charge on any atom is -0.394 e. The molecular formula is C11H19NO6. The lowest BCUT2D eigenvalue weighted by atomic mass is 9.96. The van der Waals surface area contributed by atoms with Crippen LogP contribution in [0, 0.1) is 0 Å². The Labute approximate surface area is 105 Å². The quantitative estimate of drug-likeness (QED) is 0.432. The predicted octanol–water partition coefficient (Wildman–Crippen LogP) is -1.87. The second-order valence-corrected chi connectivity index (χ2v) is 4.05. The molecule has 1 rings (SSSR count). The zero-order valence-electron chi connectivity index (χ0n) is 10.2. The summed E-state index contributed by atoms with van der Waals surface area (Å²) in [7, 11) is 0. The molecule has 0 aromatic rings. The lowest BCUT2D eigenvalue weighted by molar-refractivity contribution is -0.260. The van der Waals surface area contributed by atoms with Gasteiger partial charge in [0.1, 0.15) is 24.4 Å². The second kappa shape index (κ2) is 6.81. The van der Waals surface area contributed by atoms with Gasteiger partial charge in [-0.05, 0) is 0 Å². The molecule has 7 nitrogen and oxygen atoms in total. The van der Waals surface area contributed by atoms with Crippen molar-refractivity contribution in [1.82, 2.24) is 5.32 Å². The maximum atomic E-state index is 11.1. The van der Waals surface area contributed by atoms with Crippen molar-refractivity contribution in [2.24, 2.45) is 0 Å². The number of ether oxygens (including phenoxy) is 2. The fourth-order valence-corrected chi connectivity index (χ4v) is 1.85. The first-order valence-electron chi connectivity index (χ1n) is 5.63. The molecule has 0 radical (unpaired) electrons. The van der Waals surface area contributed by atoms with Crippen LogP contribution in [-0.2, 0) is 14.3 Å². The smallest absolute Gasteiger partial charge is 0.217 e. The normalized spacial score (nSPS) is 36.1. The maximum Gasteiger partial charge on any atom is 0.217 e. The van der Waals surface area contributed by atoms with Crippen LogP contribution in [-0.4, -0.2) is 65.1 Å². The van der Waals surface area contributed by atoms with E-state index in [9.17, 15) is 15.0 Å². The Morgan fingerprint density at radius 1 is 1.56 bits per heavy atom. The number of hydrogen-bond acceptors (Lipinski definition) is 6. The van der Waals surface area contributed by atoms with E-state index in [-0.39, 0.29) is 12.5 Å². The summed E-state index contributed by atoms with van der Waals surface area (Å²) < 4.78 is 10.3. The van der Waals surface area contributed by atoms with Crippen LogP contribution in [0.2, 0.25) is 0 Å². The first kappa shape index (κ1) is 15.1. The number of nitrogens with one attached hydrogen (secondary N) is 1. The highest BCUT2D eigenvalue weighted by Crippen LogP contribution is 2.22. The van der Waals surface area contributed by atoms with Crippen LogP contribution in [0.1, 0.15) is 6.92 Å². The highest BCUT2D eigenvalue weighted by molar-refractivity contribution is 5.73. The molecule has 18 heavy (non-hydrogen) atoms. The van der Waals surface area contributed by atoms with Crippen LogP contribution in [0.25, 0.3) is 0 Å². The van der Waals surface area contributed by atoms with E-state index in [1.165, 1.54) is 13.0 Å². The maximum absolute atomic E-state index is 11.1. The molecule has 0 aliphatic carbocycles. The van der Waals surface area contributed by atoms with E-state index in [1.807, 2.05) is 0 Å². The molecule has 1 aliphatic heterocycles. The average Bonchev–Trinajstić information content (AvgIpc) is 2.32. The fraction of sp³-hybridized carbons (Fsp3) is 0.727. The van der Waals surface area contributed by atoms with Gasteiger partial charge in [-0.2, -0.15) is 0 Å². The van der Waals surface area contributed by atoms with Gasteiger partial charge in [0, 0.05) is 6.92 Å². The van der Waals surface area contributed by atoms with Crippen molar-refractivity contribution in [2.45, 2.75) is 37.6 Å². The van der Waals surface area contributed by atoms with Crippen molar-refractivity contribution in [3.05, 3.63) is 12.7 Å². The molecule has 0 aromatic heterocycles. The molecule has 4 N–H and O–H groups in total. The van der Waals surface area contributed by atoms with Crippen LogP contribution in [0.15, 0.2) is 12.7 Å². The van der Waals surface area contributed by atoms with Gasteiger partial charge in [0.25, 0.3) is 0 Å². The highest BCUT2D eigenvalue weighted by atomic mass is 16.6. The summed E-state index contributed by atoms with van der Waals surface area (Å²) in [5, 5.41) is 31.2. The molecule has 1 fully saturated rings. The largest absolute Gasteiger partial charge is 0.394 e. The van der Waals surface area contributed by atoms with Gasteiger partial charge in [0.2, 0.25) is 5.91 Å². The molecular weight excluding hydrogens is 242 g/mol. The molecule has 1 aliphatic rings. The average molecular weight is 261 g/mol. The van der Waals surface area contributed by atoms with E-state index < -0.39 is 37.3 Å². The Morgan fingerprint density at radius 3 is 2.72 bits per heavy atom. The van der Waals surface area contributed by atoms with E-state index in [0.29, 0.717) is 0 Å². The van der Waals surface area contributed by atoms with Crippen molar-refractivity contribution in [2.75, 3.05) is 13.2 Å². The Bertz CT molecular complexity index is 297. The standard InChI is InChI=1S/C11H19NO6/c1-3-4-17-10-8(12-6(2)14)11(16)18-7(5-13)9(10)15/h3,7-11,13,15-16H,1,4-5H2,2H3,(H,12,14)/t7?,8?,9-,10-,11+/m1/s1. The van der Waals surface area contributed by atoms with E-state index >= 15 is 0 Å². The molecule has 1 heterocycles. The number of aliphatic hydroxyl groups is 3. The summed E-state index contributed by atoms with van der Waals surface area (Å²) in [6, 6.07) is -0.903. The number of rotatable bonds is 5. The van der Waals surface area contributed by atoms with Crippen LogP contribution in [0.3, 0.4) is 0 Å². The summed E-state index contributed by atoms with van der Waals surface area (Å²) in [5.41, 5.74) is 0. The third-order valence-electron chi connectivity index (χ3n) is 2.65. The Hall–Kier alpha value is -0.990. The van der Waals surface area contributed by atoms with E-state index in [0.717, 1.165) is 0 Å². The first-order valence-corrected chi connectivity index (χ1v) is 5.63. The van der Waals surface area contributed by atoms with Gasteiger partial charge in [-0.3, -0.25) is 4.79 Å². The number of amides is 1. The molecule has 1 saturated heterocycles. The summed E-state index contributed by atoms with van der Waals surface area (Å²) in [5.74, 6) is -0.385. The Kier molecular flexibility index (Phi) is 5.70. The molecule has 104 valence electrons. The Morgan fingerprint density at radius 2 is 2.22 bits per heavy atom. The SMILES string of the molecule is C=CCO[C@@H]1C(NC(C)=O)[C@@H](O)OC(CO)[C@H]1O. The van der Waals surface area contributed by atoms with Gasteiger partial charge in [-0.25, -0.2) is 0 Å². The van der Waals surface area contributed by atoms with Crippen LogP contribution in [0.5, 0.6) is 0 Å². The van der Waals surface area contributed by atoms with Crippen LogP contribution < -0.4 is 5.32 Å². The van der Waals surface area contributed by atoms with Crippen molar-refractivity contribution in [1.29, 1.82) is 0 Å². The topological polar surface area (TPSA) is 108 Å². The lowest BCUT2D eigenvalue weighted by Crippen LogP contribution is -2.64. The van der Waals surface area contributed by atoms with Crippen LogP contribution >= 0.6 is 0 Å². The van der Waals surface area contributed by atoms with Crippen LogP contribution in [0.4, 0.5) is 0 Å². The summed E-state index contributed by atoms with van der Waals surface area (Å²) in [6.45, 7) is 4.44. The molecule has 0 saturated carbocycles. The lowest BCUT2D eigenvalue weighted by Gasteiger charge is -2.42. The zero-order chi connectivity index (χ0) is 13.7. The third-order valence-corrected chi connectivity index (χ3v) is 2.65. The molecule has 7 heteroatoms. The van der Waals surface area contributed by atoms with Gasteiger partial charge in [-0.1, -0.05) is 6.08 Å². The number of carbonyl (C=O) groups excluding carboxylic acids is 1. The van der Waals surface area contributed by atoms with E-state index in [1.54, 1.807) is 0 Å². The third kappa shape index (κ3) is 3.50. The molecule has 0 bridgehead atoms. The van der Waals surface area contributed by atoms with E-state index in [2.05, 4.69) is 11.9 Å². The number of aliphatic hydroxyl groups excluding tert-OH is 3. The summed E-state index contributed by atoms with van der Waals surface area (Å²) in [6.07, 6.45) is -2.88. The van der Waals surface area contributed by atoms with Gasteiger partial charge >= 0.3 is 0 Å². The van der Waals surface area contributed by atoms with E-state index in [4.69, 9.17) is 14.6 Å². The molecule has 5 atom stereocenters. The Balaban J connectivity index is 2.82. The monoisotopic (exact) mass is 261 g/mol. The van der Waals surface area contributed by atoms with Gasteiger partial charge in [0.05, 0.1) is 13.2 Å². The summed E-state index contributed by atoms with van der Waals surface area (Å²) in [4.78, 5) is 11.1.